The van der Waals surface area contributed by atoms with Gasteiger partial charge in [-0.3, -0.25) is 0 Å². The van der Waals surface area contributed by atoms with Crippen LogP contribution in [0, 0.1) is 0 Å². The molecule has 0 aliphatic rings. The van der Waals surface area contributed by atoms with Crippen LogP contribution in [-0.4, -0.2) is 35.9 Å². The van der Waals surface area contributed by atoms with Gasteiger partial charge >= 0.3 is 0 Å². The molecule has 20 heavy (non-hydrogen) atoms. The van der Waals surface area contributed by atoms with E-state index in [1.807, 2.05) is 6.07 Å². The second kappa shape index (κ2) is 6.38. The van der Waals surface area contributed by atoms with Crippen molar-refractivity contribution < 1.29 is 14.6 Å². The van der Waals surface area contributed by atoms with E-state index in [1.54, 1.807) is 20.3 Å². The molecule has 3 N–H and O–H groups in total. The smallest absolute Gasteiger partial charge is 0.220 e. The number of hydrogen-bond acceptors (Lipinski definition) is 6. The maximum atomic E-state index is 8.87. The lowest BCUT2D eigenvalue weighted by Gasteiger charge is -2.11. The van der Waals surface area contributed by atoms with Gasteiger partial charge in [0.15, 0.2) is 11.5 Å². The molecule has 0 spiro atoms. The summed E-state index contributed by atoms with van der Waals surface area (Å²) in [7, 11) is 3.17. The zero-order valence-corrected chi connectivity index (χ0v) is 11.7. The summed E-state index contributed by atoms with van der Waals surface area (Å²) in [5.41, 5.74) is 7.34. The van der Waals surface area contributed by atoms with Crippen LogP contribution in [0.1, 0.15) is 18.5 Å². The Morgan fingerprint density at radius 2 is 1.80 bits per heavy atom. The minimum Gasteiger partial charge on any atom is -0.493 e. The van der Waals surface area contributed by atoms with E-state index in [0.29, 0.717) is 11.5 Å². The molecule has 1 aromatic heterocycles. The molecule has 0 unspecified atom stereocenters. The topological polar surface area (TPSA) is 90.5 Å². The summed E-state index contributed by atoms with van der Waals surface area (Å²) in [4.78, 5) is 8.52. The Morgan fingerprint density at radius 1 is 1.10 bits per heavy atom. The molecule has 2 aromatic rings. The molecule has 1 aromatic carbocycles. The Hall–Kier alpha value is -2.08. The summed E-state index contributed by atoms with van der Waals surface area (Å²) < 4.78 is 10.6. The van der Waals surface area contributed by atoms with Crippen molar-refractivity contribution in [3.05, 3.63) is 17.8 Å². The Morgan fingerprint density at radius 3 is 2.45 bits per heavy atom. The molecule has 0 bridgehead atoms. The Balaban J connectivity index is 2.50. The van der Waals surface area contributed by atoms with Gasteiger partial charge in [-0.2, -0.15) is 0 Å². The molecule has 2 rings (SSSR count). The van der Waals surface area contributed by atoms with E-state index in [-0.39, 0.29) is 12.6 Å². The van der Waals surface area contributed by atoms with Crippen LogP contribution in [0.25, 0.3) is 10.9 Å². The average Bonchev–Trinajstić information content (AvgIpc) is 2.45. The molecular formula is C14H19N3O3. The molecule has 6 nitrogen and oxygen atoms in total. The van der Waals surface area contributed by atoms with Gasteiger partial charge in [0.25, 0.3) is 0 Å². The number of aryl methyl sites for hydroxylation is 1. The molecule has 0 aliphatic heterocycles. The van der Waals surface area contributed by atoms with E-state index in [9.17, 15) is 0 Å². The Bertz CT molecular complexity index is 602. The van der Waals surface area contributed by atoms with Gasteiger partial charge in [0.2, 0.25) is 5.95 Å². The molecule has 108 valence electrons. The third-order valence-electron chi connectivity index (χ3n) is 3.12. The summed E-state index contributed by atoms with van der Waals surface area (Å²) in [6.07, 6.45) is 2.31. The van der Waals surface area contributed by atoms with Crippen LogP contribution in [0.4, 0.5) is 5.95 Å². The van der Waals surface area contributed by atoms with Crippen molar-refractivity contribution in [3.63, 3.8) is 0 Å². The third-order valence-corrected chi connectivity index (χ3v) is 3.12. The molecule has 0 fully saturated rings. The lowest BCUT2D eigenvalue weighted by molar-refractivity contribution is 0.284. The fourth-order valence-corrected chi connectivity index (χ4v) is 2.13. The minimum atomic E-state index is 0.176. The SMILES string of the molecule is COc1cc2nc(N)nc(CCCCO)c2cc1OC. The van der Waals surface area contributed by atoms with Crippen molar-refractivity contribution in [2.45, 2.75) is 19.3 Å². The van der Waals surface area contributed by atoms with Crippen molar-refractivity contribution >= 4 is 16.9 Å². The van der Waals surface area contributed by atoms with Crippen molar-refractivity contribution in [3.8, 4) is 11.5 Å². The number of nitrogens with zero attached hydrogens (tertiary/aromatic N) is 2. The molecule has 0 atom stereocenters. The van der Waals surface area contributed by atoms with E-state index in [0.717, 1.165) is 35.9 Å². The summed E-state index contributed by atoms with van der Waals surface area (Å²) in [5.74, 6) is 1.49. The number of hydrogen-bond donors (Lipinski definition) is 2. The first-order valence-corrected chi connectivity index (χ1v) is 6.48. The number of unbranched alkanes of at least 4 members (excludes halogenated alkanes) is 1. The number of nitrogens with two attached hydrogens (primary N) is 1. The van der Waals surface area contributed by atoms with Crippen LogP contribution < -0.4 is 15.2 Å². The number of ether oxygens (including phenoxy) is 2. The highest BCUT2D eigenvalue weighted by Crippen LogP contribution is 2.33. The quantitative estimate of drug-likeness (QED) is 0.778. The maximum Gasteiger partial charge on any atom is 0.220 e. The molecular weight excluding hydrogens is 258 g/mol. The first-order valence-electron chi connectivity index (χ1n) is 6.48. The van der Waals surface area contributed by atoms with Gasteiger partial charge in [0.05, 0.1) is 25.4 Å². The second-order valence-corrected chi connectivity index (χ2v) is 4.43. The largest absolute Gasteiger partial charge is 0.493 e. The number of fused-ring (bicyclic) bond motifs is 1. The highest BCUT2D eigenvalue weighted by atomic mass is 16.5. The highest BCUT2D eigenvalue weighted by molar-refractivity contribution is 5.85. The lowest BCUT2D eigenvalue weighted by Crippen LogP contribution is -2.02. The Kier molecular flexibility index (Phi) is 4.57. The number of anilines is 1. The molecule has 0 saturated carbocycles. The normalized spacial score (nSPS) is 10.8. The number of aliphatic hydroxyl groups is 1. The standard InChI is InChI=1S/C14H19N3O3/c1-19-12-7-9-10(5-3-4-6-18)16-14(15)17-11(9)8-13(12)20-2/h7-8,18H,3-6H2,1-2H3,(H2,15,16,17). The van der Waals surface area contributed by atoms with Crippen LogP contribution in [0.2, 0.25) is 0 Å². The van der Waals surface area contributed by atoms with Crippen molar-refractivity contribution in [2.24, 2.45) is 0 Å². The number of benzene rings is 1. The summed E-state index contributed by atoms with van der Waals surface area (Å²) in [6.45, 7) is 0.176. The van der Waals surface area contributed by atoms with Gasteiger partial charge in [0, 0.05) is 18.1 Å². The van der Waals surface area contributed by atoms with Crippen LogP contribution >= 0.6 is 0 Å². The predicted octanol–water partition coefficient (Wildman–Crippen LogP) is 1.54. The van der Waals surface area contributed by atoms with Crippen LogP contribution in [0.15, 0.2) is 12.1 Å². The fourth-order valence-electron chi connectivity index (χ4n) is 2.13. The zero-order chi connectivity index (χ0) is 14.5. The van der Waals surface area contributed by atoms with Gasteiger partial charge in [0.1, 0.15) is 0 Å². The van der Waals surface area contributed by atoms with Gasteiger partial charge in [-0.25, -0.2) is 9.97 Å². The molecule has 0 amide bonds. The minimum absolute atomic E-state index is 0.176. The van der Waals surface area contributed by atoms with E-state index in [2.05, 4.69) is 9.97 Å². The predicted molar refractivity (Wildman–Crippen MR) is 77.1 cm³/mol. The van der Waals surface area contributed by atoms with Gasteiger partial charge < -0.3 is 20.3 Å². The first kappa shape index (κ1) is 14.3. The number of aromatic nitrogens is 2. The number of rotatable bonds is 6. The van der Waals surface area contributed by atoms with Crippen molar-refractivity contribution in [1.82, 2.24) is 9.97 Å². The fraction of sp³-hybridized carbons (Fsp3) is 0.429. The summed E-state index contributed by atoms with van der Waals surface area (Å²) in [5, 5.41) is 9.77. The van der Waals surface area contributed by atoms with Crippen molar-refractivity contribution in [1.29, 1.82) is 0 Å². The lowest BCUT2D eigenvalue weighted by atomic mass is 10.1. The molecule has 6 heteroatoms. The van der Waals surface area contributed by atoms with E-state index >= 15 is 0 Å². The van der Waals surface area contributed by atoms with Crippen LogP contribution in [0.3, 0.4) is 0 Å². The molecule has 0 radical (unpaired) electrons. The van der Waals surface area contributed by atoms with E-state index < -0.39 is 0 Å². The van der Waals surface area contributed by atoms with Crippen LogP contribution in [0.5, 0.6) is 11.5 Å². The van der Waals surface area contributed by atoms with Gasteiger partial charge in [-0.1, -0.05) is 0 Å². The monoisotopic (exact) mass is 277 g/mol. The van der Waals surface area contributed by atoms with Gasteiger partial charge in [-0.05, 0) is 25.3 Å². The maximum absolute atomic E-state index is 8.87. The van der Waals surface area contributed by atoms with Gasteiger partial charge in [-0.15, -0.1) is 0 Å². The third kappa shape index (κ3) is 2.91. The highest BCUT2D eigenvalue weighted by Gasteiger charge is 2.12. The van der Waals surface area contributed by atoms with E-state index in [4.69, 9.17) is 20.3 Å². The van der Waals surface area contributed by atoms with E-state index in [1.165, 1.54) is 0 Å². The Labute approximate surface area is 117 Å². The second-order valence-electron chi connectivity index (χ2n) is 4.43. The first-order chi connectivity index (χ1) is 9.69. The molecule has 1 heterocycles. The zero-order valence-electron chi connectivity index (χ0n) is 11.7. The van der Waals surface area contributed by atoms with Crippen LogP contribution in [-0.2, 0) is 6.42 Å². The average molecular weight is 277 g/mol. The molecule has 0 saturated heterocycles. The number of nitrogen functional groups attached to an aromatic ring is 1. The summed E-state index contributed by atoms with van der Waals surface area (Å²) in [6, 6.07) is 3.66. The number of methoxy groups -OCH3 is 2. The number of aliphatic hydroxyl groups excluding tert-OH is 1. The summed E-state index contributed by atoms with van der Waals surface area (Å²) >= 11 is 0. The van der Waals surface area contributed by atoms with Crippen molar-refractivity contribution in [2.75, 3.05) is 26.6 Å². The molecule has 0 aliphatic carbocycles.